The molecule has 0 bridgehead atoms. The van der Waals surface area contributed by atoms with Crippen LogP contribution in [0.3, 0.4) is 0 Å². The molecule has 1 N–H and O–H groups in total. The summed E-state index contributed by atoms with van der Waals surface area (Å²) in [7, 11) is 0. The van der Waals surface area contributed by atoms with Crippen molar-refractivity contribution in [3.8, 4) is 0 Å². The van der Waals surface area contributed by atoms with Crippen molar-refractivity contribution in [2.24, 2.45) is 5.92 Å². The van der Waals surface area contributed by atoms with Gasteiger partial charge in [-0.3, -0.25) is 0 Å². The summed E-state index contributed by atoms with van der Waals surface area (Å²) in [4.78, 5) is 22.8. The van der Waals surface area contributed by atoms with Crippen LogP contribution in [0.15, 0.2) is 35.2 Å². The van der Waals surface area contributed by atoms with Gasteiger partial charge in [-0.15, -0.1) is 0 Å². The smallest absolute Gasteiger partial charge is 0.321 e. The number of hydrogen-bond acceptors (Lipinski definition) is 5. The molecule has 0 unspecified atom stereocenters. The van der Waals surface area contributed by atoms with Crippen molar-refractivity contribution in [2.75, 3.05) is 18.4 Å². The van der Waals surface area contributed by atoms with Crippen molar-refractivity contribution in [3.63, 3.8) is 0 Å². The molecule has 1 aliphatic rings. The zero-order valence-electron chi connectivity index (χ0n) is 14.1. The fourth-order valence-electron chi connectivity index (χ4n) is 3.21. The average molecular weight is 340 g/mol. The number of aromatic nitrogens is 4. The molecule has 1 aliphatic heterocycles. The molecular formula is C17H20N6O2. The van der Waals surface area contributed by atoms with Crippen molar-refractivity contribution in [3.05, 3.63) is 42.4 Å². The number of amides is 2. The third-order valence-electron chi connectivity index (χ3n) is 4.59. The number of nitrogens with one attached hydrogen (secondary N) is 1. The Morgan fingerprint density at radius 3 is 2.96 bits per heavy atom. The standard InChI is InChI=1S/C17H20N6O2/c1-12-19-15(21-25-12)10-13-2-6-23(7-3-13)17(24)20-14-4-8-22-9-5-18-16(22)11-14/h4-5,8-9,11,13H,2-3,6-7,10H2,1H3,(H,20,24). The number of carbonyl (C=O) groups is 1. The Bertz CT molecular complexity index is 878. The molecule has 130 valence electrons. The Labute approximate surface area is 144 Å². The molecule has 3 aromatic heterocycles. The lowest BCUT2D eigenvalue weighted by molar-refractivity contribution is 0.181. The molecule has 0 radical (unpaired) electrons. The second kappa shape index (κ2) is 6.54. The van der Waals surface area contributed by atoms with Gasteiger partial charge in [-0.2, -0.15) is 4.98 Å². The van der Waals surface area contributed by atoms with Gasteiger partial charge in [0.2, 0.25) is 5.89 Å². The lowest BCUT2D eigenvalue weighted by Gasteiger charge is -2.31. The minimum absolute atomic E-state index is 0.0650. The summed E-state index contributed by atoms with van der Waals surface area (Å²) in [5, 5.41) is 6.91. The zero-order valence-corrected chi connectivity index (χ0v) is 14.1. The third-order valence-corrected chi connectivity index (χ3v) is 4.59. The molecule has 1 fully saturated rings. The Hall–Kier alpha value is -2.90. The van der Waals surface area contributed by atoms with Crippen LogP contribution in [0.4, 0.5) is 10.5 Å². The van der Waals surface area contributed by atoms with E-state index in [1.165, 1.54) is 0 Å². The molecule has 1 saturated heterocycles. The Balaban J connectivity index is 1.31. The quantitative estimate of drug-likeness (QED) is 0.791. The van der Waals surface area contributed by atoms with Crippen LogP contribution in [-0.4, -0.2) is 43.5 Å². The van der Waals surface area contributed by atoms with E-state index in [-0.39, 0.29) is 6.03 Å². The SMILES string of the molecule is Cc1nc(CC2CCN(C(=O)Nc3ccn4ccnc4c3)CC2)no1. The molecule has 0 spiro atoms. The highest BCUT2D eigenvalue weighted by molar-refractivity contribution is 5.89. The summed E-state index contributed by atoms with van der Waals surface area (Å²) < 4.78 is 6.92. The van der Waals surface area contributed by atoms with E-state index in [2.05, 4.69) is 20.4 Å². The monoisotopic (exact) mass is 340 g/mol. The Morgan fingerprint density at radius 2 is 2.20 bits per heavy atom. The predicted octanol–water partition coefficient (Wildman–Crippen LogP) is 2.51. The summed E-state index contributed by atoms with van der Waals surface area (Å²) in [5.41, 5.74) is 1.57. The minimum Gasteiger partial charge on any atom is -0.340 e. The van der Waals surface area contributed by atoms with Crippen LogP contribution in [0, 0.1) is 12.8 Å². The van der Waals surface area contributed by atoms with E-state index in [0.29, 0.717) is 11.8 Å². The van der Waals surface area contributed by atoms with Crippen LogP contribution in [0.2, 0.25) is 0 Å². The number of likely N-dealkylation sites (tertiary alicyclic amines) is 1. The second-order valence-electron chi connectivity index (χ2n) is 6.40. The van der Waals surface area contributed by atoms with Gasteiger partial charge in [0.25, 0.3) is 0 Å². The highest BCUT2D eigenvalue weighted by Crippen LogP contribution is 2.21. The van der Waals surface area contributed by atoms with Gasteiger partial charge in [0, 0.05) is 56.8 Å². The average Bonchev–Trinajstić information content (AvgIpc) is 3.24. The van der Waals surface area contributed by atoms with E-state index in [0.717, 1.165) is 49.5 Å². The number of piperidine rings is 1. The minimum atomic E-state index is -0.0650. The van der Waals surface area contributed by atoms with Gasteiger partial charge in [0.05, 0.1) is 0 Å². The highest BCUT2D eigenvalue weighted by atomic mass is 16.5. The number of imidazole rings is 1. The molecule has 0 aliphatic carbocycles. The van der Waals surface area contributed by atoms with E-state index < -0.39 is 0 Å². The first-order valence-corrected chi connectivity index (χ1v) is 8.45. The summed E-state index contributed by atoms with van der Waals surface area (Å²) in [6.45, 7) is 3.27. The molecule has 4 rings (SSSR count). The number of hydrogen-bond donors (Lipinski definition) is 1. The molecule has 3 aromatic rings. The zero-order chi connectivity index (χ0) is 17.2. The lowest BCUT2D eigenvalue weighted by Crippen LogP contribution is -2.41. The Morgan fingerprint density at radius 1 is 1.36 bits per heavy atom. The maximum Gasteiger partial charge on any atom is 0.321 e. The van der Waals surface area contributed by atoms with Gasteiger partial charge in [0.1, 0.15) is 5.65 Å². The van der Waals surface area contributed by atoms with Crippen LogP contribution in [0.5, 0.6) is 0 Å². The van der Waals surface area contributed by atoms with E-state index in [1.54, 1.807) is 13.1 Å². The van der Waals surface area contributed by atoms with Crippen LogP contribution < -0.4 is 5.32 Å². The number of anilines is 1. The lowest BCUT2D eigenvalue weighted by atomic mass is 9.93. The highest BCUT2D eigenvalue weighted by Gasteiger charge is 2.24. The number of pyridine rings is 1. The summed E-state index contributed by atoms with van der Waals surface area (Å²) in [5.74, 6) is 1.84. The Kier molecular flexibility index (Phi) is 4.09. The number of urea groups is 1. The molecule has 4 heterocycles. The fourth-order valence-corrected chi connectivity index (χ4v) is 3.21. The largest absolute Gasteiger partial charge is 0.340 e. The van der Waals surface area contributed by atoms with Crippen LogP contribution in [0.25, 0.3) is 5.65 Å². The summed E-state index contributed by atoms with van der Waals surface area (Å²) in [6, 6.07) is 3.67. The van der Waals surface area contributed by atoms with Gasteiger partial charge in [0.15, 0.2) is 5.82 Å². The number of rotatable bonds is 3. The maximum atomic E-state index is 12.5. The first kappa shape index (κ1) is 15.6. The number of nitrogens with zero attached hydrogens (tertiary/aromatic N) is 5. The van der Waals surface area contributed by atoms with Crippen LogP contribution in [0.1, 0.15) is 24.6 Å². The van der Waals surface area contributed by atoms with Crippen molar-refractivity contribution in [1.82, 2.24) is 24.4 Å². The van der Waals surface area contributed by atoms with Gasteiger partial charge in [-0.1, -0.05) is 5.16 Å². The molecule has 8 heteroatoms. The normalized spacial score (nSPS) is 15.6. The molecule has 8 nitrogen and oxygen atoms in total. The van der Waals surface area contributed by atoms with Crippen LogP contribution in [-0.2, 0) is 6.42 Å². The van der Waals surface area contributed by atoms with E-state index in [4.69, 9.17) is 4.52 Å². The molecule has 0 saturated carbocycles. The predicted molar refractivity (Wildman–Crippen MR) is 91.2 cm³/mol. The van der Waals surface area contributed by atoms with Crippen LogP contribution >= 0.6 is 0 Å². The molecule has 0 aromatic carbocycles. The fraction of sp³-hybridized carbons (Fsp3) is 0.412. The molecule has 2 amide bonds. The first-order chi connectivity index (χ1) is 12.2. The second-order valence-corrected chi connectivity index (χ2v) is 6.40. The first-order valence-electron chi connectivity index (χ1n) is 8.45. The molecule has 0 atom stereocenters. The van der Waals surface area contributed by atoms with Gasteiger partial charge in [-0.05, 0) is 24.8 Å². The third kappa shape index (κ3) is 3.47. The van der Waals surface area contributed by atoms with E-state index in [1.807, 2.05) is 33.8 Å². The maximum absolute atomic E-state index is 12.5. The van der Waals surface area contributed by atoms with Crippen molar-refractivity contribution >= 4 is 17.4 Å². The van der Waals surface area contributed by atoms with Crippen molar-refractivity contribution < 1.29 is 9.32 Å². The van der Waals surface area contributed by atoms with Gasteiger partial charge >= 0.3 is 6.03 Å². The number of aryl methyl sites for hydroxylation is 1. The molecule has 25 heavy (non-hydrogen) atoms. The van der Waals surface area contributed by atoms with E-state index >= 15 is 0 Å². The number of carbonyl (C=O) groups excluding carboxylic acids is 1. The number of fused-ring (bicyclic) bond motifs is 1. The molecular weight excluding hydrogens is 320 g/mol. The van der Waals surface area contributed by atoms with Gasteiger partial charge < -0.3 is 19.1 Å². The van der Waals surface area contributed by atoms with Gasteiger partial charge in [-0.25, -0.2) is 9.78 Å². The van der Waals surface area contributed by atoms with E-state index in [9.17, 15) is 4.79 Å². The summed E-state index contributed by atoms with van der Waals surface area (Å²) >= 11 is 0. The topological polar surface area (TPSA) is 88.6 Å². The van der Waals surface area contributed by atoms with Crippen molar-refractivity contribution in [2.45, 2.75) is 26.2 Å². The van der Waals surface area contributed by atoms with Crippen molar-refractivity contribution in [1.29, 1.82) is 0 Å². The summed E-state index contributed by atoms with van der Waals surface area (Å²) in [6.07, 6.45) is 8.19.